The Labute approximate surface area is 311 Å². The van der Waals surface area contributed by atoms with Crippen molar-refractivity contribution in [1.29, 1.82) is 0 Å². The van der Waals surface area contributed by atoms with E-state index in [2.05, 4.69) is 37.7 Å². The number of sulfonamides is 1. The van der Waals surface area contributed by atoms with Crippen LogP contribution in [-0.4, -0.2) is 87.9 Å². The summed E-state index contributed by atoms with van der Waals surface area (Å²) in [6, 6.07) is 2.23. The number of para-hydroxylation sites is 1. The van der Waals surface area contributed by atoms with Crippen LogP contribution in [0.15, 0.2) is 41.2 Å². The second-order valence-electron chi connectivity index (χ2n) is 14.2. The number of aryl methyl sites for hydroxylation is 1. The van der Waals surface area contributed by atoms with Crippen LogP contribution in [0.1, 0.15) is 87.3 Å². The van der Waals surface area contributed by atoms with E-state index in [9.17, 15) is 32.0 Å². The average Bonchev–Trinajstić information content (AvgIpc) is 3.98. The molecule has 53 heavy (non-hydrogen) atoms. The number of allylic oxidation sites excluding steroid dienone is 2. The van der Waals surface area contributed by atoms with Crippen LogP contribution in [-0.2, 0) is 24.4 Å². The van der Waals surface area contributed by atoms with E-state index in [4.69, 9.17) is 4.74 Å². The smallest absolute Gasteiger partial charge is 0.271 e. The summed E-state index contributed by atoms with van der Waals surface area (Å²) in [5, 5.41) is 6.86. The first-order valence-electron chi connectivity index (χ1n) is 17.9. The van der Waals surface area contributed by atoms with Gasteiger partial charge in [0.15, 0.2) is 5.82 Å². The summed E-state index contributed by atoms with van der Waals surface area (Å²) in [7, 11) is -3.93. The molecular weight excluding hydrogens is 726 g/mol. The van der Waals surface area contributed by atoms with Crippen molar-refractivity contribution in [2.24, 2.45) is 5.92 Å². The molecular formula is C36H44FN7O7S2. The highest BCUT2D eigenvalue weighted by Gasteiger charge is 2.51. The van der Waals surface area contributed by atoms with E-state index < -0.39 is 68.9 Å². The van der Waals surface area contributed by atoms with E-state index in [0.29, 0.717) is 42.8 Å². The Balaban J connectivity index is 1.18. The predicted octanol–water partition coefficient (Wildman–Crippen LogP) is 3.71. The van der Waals surface area contributed by atoms with Crippen molar-refractivity contribution in [1.82, 2.24) is 35.2 Å². The molecule has 3 aliphatic rings. The monoisotopic (exact) mass is 769 g/mol. The highest BCUT2D eigenvalue weighted by atomic mass is 32.2. The minimum absolute atomic E-state index is 0.00203. The number of hydrogen-bond acceptors (Lipinski definition) is 11. The molecule has 2 aromatic heterocycles. The largest absolute Gasteiger partial charge is 0.471 e. The minimum Gasteiger partial charge on any atom is -0.471 e. The number of rotatable bonds is 17. The molecule has 1 saturated heterocycles. The fraction of sp³-hybridized carbons (Fsp3) is 0.528. The summed E-state index contributed by atoms with van der Waals surface area (Å²) < 4.78 is 46.9. The first-order valence-corrected chi connectivity index (χ1v) is 20.3. The van der Waals surface area contributed by atoms with Gasteiger partial charge in [0.1, 0.15) is 35.1 Å². The molecule has 17 heteroatoms. The zero-order valence-electron chi connectivity index (χ0n) is 29.7. The molecule has 2 saturated carbocycles. The third-order valence-corrected chi connectivity index (χ3v) is 12.6. The number of halogens is 1. The van der Waals surface area contributed by atoms with E-state index >= 15 is 0 Å². The summed E-state index contributed by atoms with van der Waals surface area (Å²) >= 11 is 1.24. The second-order valence-corrected chi connectivity index (χ2v) is 17.1. The maximum absolute atomic E-state index is 14.6. The molecule has 2 aliphatic carbocycles. The molecule has 0 spiro atoms. The number of ether oxygens (including phenoxy) is 1. The number of amides is 4. The summed E-state index contributed by atoms with van der Waals surface area (Å²) in [5.74, 6) is -2.56. The number of hydrogen-bond donors (Lipinski definition) is 3. The molecule has 284 valence electrons. The van der Waals surface area contributed by atoms with Crippen LogP contribution in [0.4, 0.5) is 4.39 Å². The van der Waals surface area contributed by atoms with Gasteiger partial charge in [-0.2, -0.15) is 0 Å². The Morgan fingerprint density at radius 3 is 2.66 bits per heavy atom. The molecule has 3 atom stereocenters. The van der Waals surface area contributed by atoms with Crippen molar-refractivity contribution in [3.05, 3.63) is 58.4 Å². The van der Waals surface area contributed by atoms with E-state index in [-0.39, 0.29) is 30.1 Å². The highest BCUT2D eigenvalue weighted by molar-refractivity contribution is 7.91. The lowest BCUT2D eigenvalue weighted by atomic mass is 10.0. The van der Waals surface area contributed by atoms with Gasteiger partial charge in [-0.15, -0.1) is 11.3 Å². The van der Waals surface area contributed by atoms with Crippen molar-refractivity contribution in [3.8, 4) is 5.88 Å². The first kappa shape index (κ1) is 38.2. The Morgan fingerprint density at radius 1 is 1.15 bits per heavy atom. The van der Waals surface area contributed by atoms with Gasteiger partial charge in [-0.1, -0.05) is 31.1 Å². The minimum atomic E-state index is -3.93. The van der Waals surface area contributed by atoms with Gasteiger partial charge in [-0.3, -0.25) is 23.9 Å². The van der Waals surface area contributed by atoms with Crippen LogP contribution in [0.5, 0.6) is 5.88 Å². The van der Waals surface area contributed by atoms with E-state index in [0.717, 1.165) is 19.3 Å². The number of likely N-dealkylation sites (tertiary alicyclic amines) is 1. The topological polar surface area (TPSA) is 190 Å². The molecule has 1 aromatic carbocycles. The van der Waals surface area contributed by atoms with Gasteiger partial charge in [-0.25, -0.2) is 27.8 Å². The Morgan fingerprint density at radius 2 is 1.94 bits per heavy atom. The van der Waals surface area contributed by atoms with Gasteiger partial charge in [0.25, 0.3) is 11.8 Å². The fourth-order valence-corrected chi connectivity index (χ4v) is 7.97. The van der Waals surface area contributed by atoms with Crippen molar-refractivity contribution in [2.75, 3.05) is 13.1 Å². The Hall–Kier alpha value is -4.51. The van der Waals surface area contributed by atoms with Crippen LogP contribution < -0.4 is 20.1 Å². The summed E-state index contributed by atoms with van der Waals surface area (Å²) in [6.07, 6.45) is 10.5. The normalized spacial score (nSPS) is 19.9. The van der Waals surface area contributed by atoms with Gasteiger partial charge in [0.2, 0.25) is 27.7 Å². The number of nitrogens with one attached hydrogen (secondary N) is 3. The van der Waals surface area contributed by atoms with Gasteiger partial charge in [0, 0.05) is 11.8 Å². The maximum atomic E-state index is 14.6. The molecule has 3 heterocycles. The van der Waals surface area contributed by atoms with Crippen molar-refractivity contribution in [3.63, 3.8) is 0 Å². The van der Waals surface area contributed by atoms with Crippen molar-refractivity contribution >= 4 is 56.0 Å². The summed E-state index contributed by atoms with van der Waals surface area (Å²) in [5.41, 5.74) is 2.38. The molecule has 0 bridgehead atoms. The molecule has 0 radical (unpaired) electrons. The molecule has 3 aromatic rings. The first-order chi connectivity index (χ1) is 25.3. The molecule has 3 N–H and O–H groups in total. The lowest BCUT2D eigenvalue weighted by Gasteiger charge is -2.28. The van der Waals surface area contributed by atoms with Gasteiger partial charge in [-0.05, 0) is 76.8 Å². The molecule has 14 nitrogen and oxygen atoms in total. The third kappa shape index (κ3) is 9.54. The second kappa shape index (κ2) is 16.2. The van der Waals surface area contributed by atoms with Crippen molar-refractivity contribution < 1.29 is 36.7 Å². The zero-order chi connectivity index (χ0) is 37.8. The van der Waals surface area contributed by atoms with Crippen LogP contribution in [0, 0.1) is 18.7 Å². The van der Waals surface area contributed by atoms with E-state index in [1.807, 2.05) is 4.72 Å². The zero-order valence-corrected chi connectivity index (χ0v) is 31.3. The molecule has 6 rings (SSSR count). The number of nitrogens with zero attached hydrogens (tertiary/aromatic N) is 4. The molecule has 0 unspecified atom stereocenters. The van der Waals surface area contributed by atoms with Crippen LogP contribution in [0.3, 0.4) is 0 Å². The van der Waals surface area contributed by atoms with Gasteiger partial charge in [0.05, 0.1) is 28.9 Å². The molecule has 3 fully saturated rings. The molecule has 4 amide bonds. The lowest BCUT2D eigenvalue weighted by molar-refractivity contribution is -0.140. The number of carbonyl (C=O) groups is 4. The number of unbranched alkanes of at least 4 members (excludes halogenated alkanes) is 3. The van der Waals surface area contributed by atoms with Crippen LogP contribution >= 0.6 is 11.3 Å². The van der Waals surface area contributed by atoms with E-state index in [1.165, 1.54) is 53.6 Å². The lowest BCUT2D eigenvalue weighted by Crippen LogP contribution is -2.54. The number of carbonyl (C=O) groups excluding carboxylic acids is 4. The number of benzene rings is 1. The number of thiazole rings is 1. The van der Waals surface area contributed by atoms with E-state index in [1.54, 1.807) is 18.4 Å². The quantitative estimate of drug-likeness (QED) is 0.135. The fourth-order valence-electron chi connectivity index (χ4n) is 6.18. The van der Waals surface area contributed by atoms with Gasteiger partial charge < -0.3 is 20.3 Å². The number of aromatic nitrogens is 3. The standard InChI is InChI=1S/C36H44FN7O7S2/c1-22-34(42-31-25(37)10-8-12-26(31)40-22)51-24-17-29(33(47)38-18-30(45)43-53(49,50)36(2)15-16-36)44(19-24)35(48)27(41-32(46)28-20-52-21-39-28)11-7-5-3-4-6-9-23-13-14-23/h6,8-10,12,20-21,23-24,27,29H,3-5,7,11,13-19H2,1-2H3,(H,38,47)(H,41,46)(H,43,45)/t24-,27+,29+/m1/s1. The van der Waals surface area contributed by atoms with Crippen LogP contribution in [0.2, 0.25) is 0 Å². The summed E-state index contributed by atoms with van der Waals surface area (Å²) in [6.45, 7) is 2.44. The van der Waals surface area contributed by atoms with Crippen molar-refractivity contribution in [2.45, 2.75) is 101 Å². The number of fused-ring (bicyclic) bond motifs is 1. The summed E-state index contributed by atoms with van der Waals surface area (Å²) in [4.78, 5) is 67.9. The third-order valence-electron chi connectivity index (χ3n) is 9.84. The van der Waals surface area contributed by atoms with Gasteiger partial charge >= 0.3 is 0 Å². The average molecular weight is 770 g/mol. The SMILES string of the molecule is Cc1nc2cccc(F)c2nc1O[C@@H]1C[C@@H](C(=O)NCC(=O)NS(=O)(=O)C2(C)CC2)N(C(=O)[C@H](CCCCCC=CC2CC2)NC(=O)c2cscn2)C1. The predicted molar refractivity (Wildman–Crippen MR) is 195 cm³/mol. The molecule has 1 aliphatic heterocycles. The Kier molecular flexibility index (Phi) is 11.7. The highest BCUT2D eigenvalue weighted by Crippen LogP contribution is 2.42. The van der Waals surface area contributed by atoms with Crippen LogP contribution in [0.25, 0.3) is 11.0 Å². The maximum Gasteiger partial charge on any atom is 0.271 e. The Bertz CT molecular complexity index is 1980.